The Balaban J connectivity index is 1.73. The Kier molecular flexibility index (Phi) is 6.54. The second-order valence-electron chi connectivity index (χ2n) is 6.86. The fourth-order valence-electron chi connectivity index (χ4n) is 2.77. The van der Waals surface area contributed by atoms with Crippen molar-refractivity contribution in [1.29, 1.82) is 5.26 Å². The molecule has 0 radical (unpaired) electrons. The Morgan fingerprint density at radius 3 is 2.17 bits per heavy atom. The molecule has 0 spiro atoms. The van der Waals surface area contributed by atoms with Crippen LogP contribution in [0.15, 0.2) is 82.1 Å². The lowest BCUT2D eigenvalue weighted by Gasteiger charge is -2.10. The lowest BCUT2D eigenvalue weighted by molar-refractivity contribution is -0.112. The van der Waals surface area contributed by atoms with Gasteiger partial charge in [-0.1, -0.05) is 53.7 Å². The van der Waals surface area contributed by atoms with Crippen molar-refractivity contribution in [2.24, 2.45) is 0 Å². The molecule has 0 aliphatic heterocycles. The van der Waals surface area contributed by atoms with Crippen molar-refractivity contribution in [2.75, 3.05) is 5.32 Å². The van der Waals surface area contributed by atoms with Gasteiger partial charge in [0.15, 0.2) is 0 Å². The Labute approximate surface area is 176 Å². The van der Waals surface area contributed by atoms with Gasteiger partial charge >= 0.3 is 0 Å². The van der Waals surface area contributed by atoms with Crippen molar-refractivity contribution in [1.82, 2.24) is 0 Å². The van der Waals surface area contributed by atoms with Gasteiger partial charge in [-0.15, -0.1) is 0 Å². The molecule has 0 heterocycles. The minimum absolute atomic E-state index is 0.0739. The van der Waals surface area contributed by atoms with E-state index in [1.54, 1.807) is 17.8 Å². The summed E-state index contributed by atoms with van der Waals surface area (Å²) in [5, 5.41) is 12.3. The largest absolute Gasteiger partial charge is 0.321 e. The van der Waals surface area contributed by atoms with Crippen LogP contribution in [0.3, 0.4) is 0 Å². The first kappa shape index (κ1) is 20.4. The lowest BCUT2D eigenvalue weighted by atomic mass is 10.1. The molecule has 3 nitrogen and oxygen atoms in total. The van der Waals surface area contributed by atoms with Crippen LogP contribution in [-0.2, 0) is 4.79 Å². The van der Waals surface area contributed by atoms with Crippen molar-refractivity contribution >= 4 is 29.4 Å². The predicted molar refractivity (Wildman–Crippen MR) is 120 cm³/mol. The number of amides is 1. The number of nitrogens with one attached hydrogen (secondary N) is 1. The topological polar surface area (TPSA) is 52.9 Å². The van der Waals surface area contributed by atoms with E-state index in [4.69, 9.17) is 0 Å². The number of hydrogen-bond donors (Lipinski definition) is 1. The summed E-state index contributed by atoms with van der Waals surface area (Å²) in [5.74, 6) is -0.403. The van der Waals surface area contributed by atoms with Crippen LogP contribution in [0.25, 0.3) is 6.08 Å². The van der Waals surface area contributed by atoms with E-state index < -0.39 is 5.91 Å². The number of carbonyl (C=O) groups is 1. The van der Waals surface area contributed by atoms with E-state index in [0.29, 0.717) is 0 Å². The summed E-state index contributed by atoms with van der Waals surface area (Å²) >= 11 is 1.68. The molecule has 0 saturated heterocycles. The SMILES string of the molecule is Cc1ccc(Sc2ccc(/C=C(\C#N)C(=O)Nc3cccc(C)c3C)cc2)cc1. The van der Waals surface area contributed by atoms with E-state index in [9.17, 15) is 10.1 Å². The Hall–Kier alpha value is -3.29. The van der Waals surface area contributed by atoms with Gasteiger partial charge in [-0.3, -0.25) is 4.79 Å². The predicted octanol–water partition coefficient (Wildman–Crippen LogP) is 6.31. The quantitative estimate of drug-likeness (QED) is 0.405. The molecule has 29 heavy (non-hydrogen) atoms. The molecular formula is C25H22N2OS. The number of anilines is 1. The van der Waals surface area contributed by atoms with Gasteiger partial charge in [0.2, 0.25) is 0 Å². The number of aryl methyl sites for hydroxylation is 2. The van der Waals surface area contributed by atoms with Crippen molar-refractivity contribution in [3.63, 3.8) is 0 Å². The molecule has 1 amide bonds. The first-order valence-electron chi connectivity index (χ1n) is 9.30. The molecule has 0 saturated carbocycles. The smallest absolute Gasteiger partial charge is 0.266 e. The fourth-order valence-corrected chi connectivity index (χ4v) is 3.58. The highest BCUT2D eigenvalue weighted by Crippen LogP contribution is 2.28. The molecule has 0 atom stereocenters. The monoisotopic (exact) mass is 398 g/mol. The highest BCUT2D eigenvalue weighted by atomic mass is 32.2. The van der Waals surface area contributed by atoms with Crippen molar-refractivity contribution in [3.05, 3.63) is 94.6 Å². The molecule has 1 N–H and O–H groups in total. The van der Waals surface area contributed by atoms with Crippen LogP contribution in [0.5, 0.6) is 0 Å². The summed E-state index contributed by atoms with van der Waals surface area (Å²) in [6.45, 7) is 6.01. The summed E-state index contributed by atoms with van der Waals surface area (Å²) in [6.07, 6.45) is 1.61. The minimum Gasteiger partial charge on any atom is -0.321 e. The highest BCUT2D eigenvalue weighted by Gasteiger charge is 2.11. The van der Waals surface area contributed by atoms with Gasteiger partial charge in [-0.2, -0.15) is 5.26 Å². The molecule has 0 aliphatic carbocycles. The van der Waals surface area contributed by atoms with E-state index in [-0.39, 0.29) is 5.57 Å². The maximum atomic E-state index is 12.5. The van der Waals surface area contributed by atoms with Gasteiger partial charge in [-0.25, -0.2) is 0 Å². The summed E-state index contributed by atoms with van der Waals surface area (Å²) in [7, 11) is 0. The summed E-state index contributed by atoms with van der Waals surface area (Å²) in [4.78, 5) is 14.8. The van der Waals surface area contributed by atoms with Gasteiger partial charge in [0.05, 0.1) is 0 Å². The molecule has 144 valence electrons. The standard InChI is InChI=1S/C25H22N2OS/c1-17-7-11-22(12-8-17)29-23-13-9-20(10-14-23)15-21(16-26)25(28)27-24-6-4-5-18(2)19(24)3/h4-15H,1-3H3,(H,27,28)/b21-15+. The van der Waals surface area contributed by atoms with Gasteiger partial charge in [0.1, 0.15) is 11.6 Å². The van der Waals surface area contributed by atoms with Gasteiger partial charge in [-0.05, 0) is 73.9 Å². The third kappa shape index (κ3) is 5.37. The zero-order chi connectivity index (χ0) is 20.8. The molecule has 3 aromatic rings. The van der Waals surface area contributed by atoms with Crippen LogP contribution in [0.4, 0.5) is 5.69 Å². The van der Waals surface area contributed by atoms with Crippen LogP contribution >= 0.6 is 11.8 Å². The highest BCUT2D eigenvalue weighted by molar-refractivity contribution is 7.99. The first-order valence-corrected chi connectivity index (χ1v) is 10.1. The number of benzene rings is 3. The number of carbonyl (C=O) groups excluding carboxylic acids is 1. The second-order valence-corrected chi connectivity index (χ2v) is 8.00. The summed E-state index contributed by atoms with van der Waals surface area (Å²) in [6, 6.07) is 23.9. The molecule has 3 rings (SSSR count). The second kappa shape index (κ2) is 9.27. The zero-order valence-electron chi connectivity index (χ0n) is 16.7. The Morgan fingerprint density at radius 1 is 0.931 bits per heavy atom. The number of hydrogen-bond acceptors (Lipinski definition) is 3. The molecule has 4 heteroatoms. The molecule has 0 aliphatic rings. The summed E-state index contributed by atoms with van der Waals surface area (Å²) < 4.78 is 0. The summed E-state index contributed by atoms with van der Waals surface area (Å²) in [5.41, 5.74) is 4.93. The molecular weight excluding hydrogens is 376 g/mol. The lowest BCUT2D eigenvalue weighted by Crippen LogP contribution is -2.14. The molecule has 0 aromatic heterocycles. The fraction of sp³-hybridized carbons (Fsp3) is 0.120. The number of nitriles is 1. The number of nitrogens with zero attached hydrogens (tertiary/aromatic N) is 1. The normalized spacial score (nSPS) is 11.0. The van der Waals surface area contributed by atoms with Crippen molar-refractivity contribution in [2.45, 2.75) is 30.6 Å². The Bertz CT molecular complexity index is 1090. The van der Waals surface area contributed by atoms with Crippen molar-refractivity contribution < 1.29 is 4.79 Å². The van der Waals surface area contributed by atoms with E-state index in [1.807, 2.05) is 62.4 Å². The average molecular weight is 399 g/mol. The maximum Gasteiger partial charge on any atom is 0.266 e. The van der Waals surface area contributed by atoms with Crippen LogP contribution < -0.4 is 5.32 Å². The van der Waals surface area contributed by atoms with E-state index in [0.717, 1.165) is 27.3 Å². The van der Waals surface area contributed by atoms with Gasteiger partial charge in [0, 0.05) is 15.5 Å². The third-order valence-electron chi connectivity index (χ3n) is 4.67. The zero-order valence-corrected chi connectivity index (χ0v) is 17.5. The maximum absolute atomic E-state index is 12.5. The molecule has 3 aromatic carbocycles. The number of rotatable bonds is 5. The van der Waals surface area contributed by atoms with Crippen LogP contribution in [0.2, 0.25) is 0 Å². The van der Waals surface area contributed by atoms with Gasteiger partial charge in [0.25, 0.3) is 5.91 Å². The minimum atomic E-state index is -0.403. The van der Waals surface area contributed by atoms with E-state index >= 15 is 0 Å². The van der Waals surface area contributed by atoms with E-state index in [1.165, 1.54) is 10.5 Å². The molecule has 0 bridgehead atoms. The Morgan fingerprint density at radius 2 is 1.55 bits per heavy atom. The van der Waals surface area contributed by atoms with Gasteiger partial charge < -0.3 is 5.32 Å². The third-order valence-corrected chi connectivity index (χ3v) is 5.68. The van der Waals surface area contributed by atoms with E-state index in [2.05, 4.69) is 36.5 Å². The van der Waals surface area contributed by atoms with Crippen molar-refractivity contribution in [3.8, 4) is 6.07 Å². The van der Waals surface area contributed by atoms with Crippen LogP contribution in [-0.4, -0.2) is 5.91 Å². The average Bonchev–Trinajstić information content (AvgIpc) is 2.72. The molecule has 0 fully saturated rings. The molecule has 0 unspecified atom stereocenters. The van der Waals surface area contributed by atoms with Crippen LogP contribution in [0.1, 0.15) is 22.3 Å². The van der Waals surface area contributed by atoms with Crippen LogP contribution in [0, 0.1) is 32.1 Å². The first-order chi connectivity index (χ1) is 14.0.